The van der Waals surface area contributed by atoms with Gasteiger partial charge in [-0.25, -0.2) is 0 Å². The van der Waals surface area contributed by atoms with E-state index in [1.807, 2.05) is 0 Å². The Morgan fingerprint density at radius 3 is 2.60 bits per heavy atom. The summed E-state index contributed by atoms with van der Waals surface area (Å²) >= 11 is 0. The van der Waals surface area contributed by atoms with E-state index in [2.05, 4.69) is 9.72 Å². The van der Waals surface area contributed by atoms with E-state index in [9.17, 15) is 13.2 Å². The summed E-state index contributed by atoms with van der Waals surface area (Å²) in [6, 6.07) is 1.60. The van der Waals surface area contributed by atoms with Crippen molar-refractivity contribution in [3.05, 3.63) is 23.5 Å². The number of pyridine rings is 1. The molecule has 2 N–H and O–H groups in total. The molecule has 0 atom stereocenters. The van der Waals surface area contributed by atoms with Crippen LogP contribution in [0.3, 0.4) is 0 Å². The van der Waals surface area contributed by atoms with Crippen LogP contribution in [-0.4, -0.2) is 17.8 Å². The smallest absolute Gasteiger partial charge is 0.422 e. The minimum Gasteiger partial charge on any atom is -0.482 e. The minimum atomic E-state index is -4.33. The summed E-state index contributed by atoms with van der Waals surface area (Å²) in [6.07, 6.45) is -3.08. The van der Waals surface area contributed by atoms with Crippen molar-refractivity contribution in [1.82, 2.24) is 4.98 Å². The van der Waals surface area contributed by atoms with E-state index in [0.29, 0.717) is 11.3 Å². The molecule has 3 nitrogen and oxygen atoms in total. The van der Waals surface area contributed by atoms with Gasteiger partial charge in [0.15, 0.2) is 6.61 Å². The van der Waals surface area contributed by atoms with Gasteiger partial charge < -0.3 is 10.5 Å². The topological polar surface area (TPSA) is 48.1 Å². The van der Waals surface area contributed by atoms with E-state index in [4.69, 9.17) is 5.73 Å². The summed E-state index contributed by atoms with van der Waals surface area (Å²) in [5.74, 6) is 0.129. The highest BCUT2D eigenvalue weighted by Crippen LogP contribution is 2.21. The largest absolute Gasteiger partial charge is 0.482 e. The average molecular weight is 220 g/mol. The fourth-order valence-electron chi connectivity index (χ4n) is 1.02. The van der Waals surface area contributed by atoms with Gasteiger partial charge in [-0.1, -0.05) is 0 Å². The van der Waals surface area contributed by atoms with Crippen LogP contribution in [0.4, 0.5) is 13.2 Å². The van der Waals surface area contributed by atoms with E-state index in [1.165, 1.54) is 6.20 Å². The molecule has 0 radical (unpaired) electrons. The normalized spacial score (nSPS) is 11.5. The zero-order valence-electron chi connectivity index (χ0n) is 8.14. The van der Waals surface area contributed by atoms with Crippen molar-refractivity contribution >= 4 is 0 Å². The summed E-state index contributed by atoms with van der Waals surface area (Å²) < 4.78 is 40.1. The first kappa shape index (κ1) is 11.8. The van der Waals surface area contributed by atoms with Gasteiger partial charge in [0.25, 0.3) is 0 Å². The molecule has 0 saturated heterocycles. The molecule has 0 aliphatic heterocycles. The molecule has 0 spiro atoms. The molecular formula is C9H11F3N2O. The first-order chi connectivity index (χ1) is 6.92. The van der Waals surface area contributed by atoms with Crippen molar-refractivity contribution < 1.29 is 17.9 Å². The highest BCUT2D eigenvalue weighted by molar-refractivity contribution is 5.31. The lowest BCUT2D eigenvalue weighted by Crippen LogP contribution is -2.19. The lowest BCUT2D eigenvalue weighted by atomic mass is 10.2. The number of aromatic nitrogens is 1. The molecule has 0 saturated carbocycles. The van der Waals surface area contributed by atoms with Gasteiger partial charge >= 0.3 is 6.18 Å². The zero-order chi connectivity index (χ0) is 11.5. The van der Waals surface area contributed by atoms with Crippen LogP contribution >= 0.6 is 0 Å². The number of hydrogen-bond donors (Lipinski definition) is 1. The van der Waals surface area contributed by atoms with Crippen LogP contribution in [0.1, 0.15) is 11.3 Å². The molecule has 84 valence electrons. The molecule has 0 amide bonds. The molecule has 0 fully saturated rings. The second-order valence-corrected chi connectivity index (χ2v) is 3.05. The predicted octanol–water partition coefficient (Wildman–Crippen LogP) is 1.79. The van der Waals surface area contributed by atoms with Crippen LogP contribution in [0.15, 0.2) is 12.3 Å². The van der Waals surface area contributed by atoms with Crippen molar-refractivity contribution in [3.8, 4) is 5.75 Å². The number of aryl methyl sites for hydroxylation is 1. The second kappa shape index (κ2) is 4.48. The molecule has 15 heavy (non-hydrogen) atoms. The second-order valence-electron chi connectivity index (χ2n) is 3.05. The lowest BCUT2D eigenvalue weighted by Gasteiger charge is -2.11. The number of nitrogens with two attached hydrogens (primary N) is 1. The Kier molecular flexibility index (Phi) is 3.52. The number of alkyl halides is 3. The maximum Gasteiger partial charge on any atom is 0.422 e. The van der Waals surface area contributed by atoms with Crippen LogP contribution in [0, 0.1) is 6.92 Å². The van der Waals surface area contributed by atoms with E-state index in [0.717, 1.165) is 0 Å². The van der Waals surface area contributed by atoms with E-state index < -0.39 is 12.8 Å². The van der Waals surface area contributed by atoms with Crippen LogP contribution in [-0.2, 0) is 6.54 Å². The van der Waals surface area contributed by atoms with Gasteiger partial charge in [-0.3, -0.25) is 4.98 Å². The number of nitrogens with zero attached hydrogens (tertiary/aromatic N) is 1. The van der Waals surface area contributed by atoms with Crippen molar-refractivity contribution in [2.75, 3.05) is 6.61 Å². The lowest BCUT2D eigenvalue weighted by molar-refractivity contribution is -0.153. The summed E-state index contributed by atoms with van der Waals surface area (Å²) in [5, 5.41) is 0. The van der Waals surface area contributed by atoms with Crippen LogP contribution in [0.5, 0.6) is 5.75 Å². The molecule has 0 aliphatic rings. The Labute approximate surface area is 85.1 Å². The fraction of sp³-hybridized carbons (Fsp3) is 0.444. The Bertz CT molecular complexity index is 339. The average Bonchev–Trinajstić information content (AvgIpc) is 2.14. The Hall–Kier alpha value is -1.30. The molecule has 0 aliphatic carbocycles. The van der Waals surface area contributed by atoms with Gasteiger partial charge in [-0.15, -0.1) is 0 Å². The van der Waals surface area contributed by atoms with E-state index >= 15 is 0 Å². The number of ether oxygens (including phenoxy) is 1. The summed E-state index contributed by atoms with van der Waals surface area (Å²) in [7, 11) is 0. The van der Waals surface area contributed by atoms with Gasteiger partial charge in [0.05, 0.1) is 11.9 Å². The third-order valence-electron chi connectivity index (χ3n) is 1.72. The highest BCUT2D eigenvalue weighted by Gasteiger charge is 2.28. The number of halogens is 3. The first-order valence-electron chi connectivity index (χ1n) is 4.27. The molecule has 1 rings (SSSR count). The Balaban J connectivity index is 2.70. The predicted molar refractivity (Wildman–Crippen MR) is 48.4 cm³/mol. The van der Waals surface area contributed by atoms with Crippen LogP contribution in [0.25, 0.3) is 0 Å². The number of hydrogen-bond acceptors (Lipinski definition) is 3. The minimum absolute atomic E-state index is 0.129. The standard InChI is InChI=1S/C9H11F3N2O/c1-6-2-7(3-13)14-4-8(6)15-5-9(10,11)12/h2,4H,3,5,13H2,1H3. The quantitative estimate of drug-likeness (QED) is 0.844. The van der Waals surface area contributed by atoms with Gasteiger partial charge in [0.2, 0.25) is 0 Å². The third-order valence-corrected chi connectivity index (χ3v) is 1.72. The molecular weight excluding hydrogens is 209 g/mol. The summed E-state index contributed by atoms with van der Waals surface area (Å²) in [5.41, 5.74) is 6.54. The van der Waals surface area contributed by atoms with Crippen molar-refractivity contribution in [1.29, 1.82) is 0 Å². The Morgan fingerprint density at radius 1 is 1.47 bits per heavy atom. The monoisotopic (exact) mass is 220 g/mol. The molecule has 1 heterocycles. The van der Waals surface area contributed by atoms with Crippen molar-refractivity contribution in [2.24, 2.45) is 5.73 Å². The first-order valence-corrected chi connectivity index (χ1v) is 4.27. The third kappa shape index (κ3) is 3.75. The molecule has 1 aromatic heterocycles. The molecule has 6 heteroatoms. The van der Waals surface area contributed by atoms with Crippen LogP contribution < -0.4 is 10.5 Å². The maximum atomic E-state index is 11.9. The highest BCUT2D eigenvalue weighted by atomic mass is 19.4. The molecule has 0 bridgehead atoms. The Morgan fingerprint density at radius 2 is 2.13 bits per heavy atom. The molecule has 0 unspecified atom stereocenters. The van der Waals surface area contributed by atoms with Gasteiger partial charge in [-0.05, 0) is 18.6 Å². The van der Waals surface area contributed by atoms with Gasteiger partial charge in [0, 0.05) is 6.54 Å². The summed E-state index contributed by atoms with van der Waals surface area (Å²) in [4.78, 5) is 3.84. The van der Waals surface area contributed by atoms with Gasteiger partial charge in [0.1, 0.15) is 5.75 Å². The maximum absolute atomic E-state index is 11.9. The molecule has 0 aromatic carbocycles. The van der Waals surface area contributed by atoms with Crippen LogP contribution in [0.2, 0.25) is 0 Å². The zero-order valence-corrected chi connectivity index (χ0v) is 8.14. The van der Waals surface area contributed by atoms with Crippen molar-refractivity contribution in [2.45, 2.75) is 19.6 Å². The van der Waals surface area contributed by atoms with E-state index in [1.54, 1.807) is 13.0 Å². The van der Waals surface area contributed by atoms with Crippen molar-refractivity contribution in [3.63, 3.8) is 0 Å². The van der Waals surface area contributed by atoms with Gasteiger partial charge in [-0.2, -0.15) is 13.2 Å². The number of rotatable bonds is 3. The van der Waals surface area contributed by atoms with E-state index in [-0.39, 0.29) is 12.3 Å². The SMILES string of the molecule is Cc1cc(CN)ncc1OCC(F)(F)F. The summed E-state index contributed by atoms with van der Waals surface area (Å²) in [6.45, 7) is 0.588. The molecule has 1 aromatic rings. The fourth-order valence-corrected chi connectivity index (χ4v) is 1.02.